The second-order valence-electron chi connectivity index (χ2n) is 5.43. The fraction of sp³-hybridized carbons (Fsp3) is 0.600. The van der Waals surface area contributed by atoms with Crippen molar-refractivity contribution in [3.63, 3.8) is 0 Å². The fourth-order valence-corrected chi connectivity index (χ4v) is 2.11. The third kappa shape index (κ3) is 5.79. The van der Waals surface area contributed by atoms with Gasteiger partial charge in [-0.25, -0.2) is 0 Å². The van der Waals surface area contributed by atoms with Crippen LogP contribution in [0.3, 0.4) is 0 Å². The van der Waals surface area contributed by atoms with Gasteiger partial charge >= 0.3 is 0 Å². The average molecular weight is 296 g/mol. The lowest BCUT2D eigenvalue weighted by atomic mass is 9.99. The number of methoxy groups -OCH3 is 1. The van der Waals surface area contributed by atoms with Gasteiger partial charge in [-0.1, -0.05) is 19.1 Å². The highest BCUT2D eigenvalue weighted by Crippen LogP contribution is 2.22. The van der Waals surface area contributed by atoms with Crippen molar-refractivity contribution in [2.45, 2.75) is 38.3 Å². The molecule has 0 saturated carbocycles. The molecule has 6 heteroatoms. The molecule has 1 aromatic rings. The summed E-state index contributed by atoms with van der Waals surface area (Å²) in [5.74, 6) is 0. The molecule has 0 aliphatic heterocycles. The Bertz CT molecular complexity index is 463. The van der Waals surface area contributed by atoms with Crippen molar-refractivity contribution in [3.05, 3.63) is 39.9 Å². The van der Waals surface area contributed by atoms with Crippen LogP contribution >= 0.6 is 0 Å². The molecule has 6 nitrogen and oxygen atoms in total. The van der Waals surface area contributed by atoms with Gasteiger partial charge in [-0.05, 0) is 18.9 Å². The van der Waals surface area contributed by atoms with Crippen molar-refractivity contribution in [1.82, 2.24) is 5.32 Å². The zero-order valence-corrected chi connectivity index (χ0v) is 12.8. The smallest absolute Gasteiger partial charge is 0.269 e. The standard InChI is InChI=1S/C15H24N2O4/c1-4-14(16-11-15(2,18)8-9-21-3)12-6-5-7-13(10-12)17(19)20/h5-7,10,14,16,18H,4,8-9,11H2,1-3H3. The van der Waals surface area contributed by atoms with E-state index >= 15 is 0 Å². The van der Waals surface area contributed by atoms with E-state index in [9.17, 15) is 15.2 Å². The van der Waals surface area contributed by atoms with Crippen molar-refractivity contribution < 1.29 is 14.8 Å². The molecule has 2 atom stereocenters. The number of non-ortho nitro benzene ring substituents is 1. The highest BCUT2D eigenvalue weighted by molar-refractivity contribution is 5.35. The van der Waals surface area contributed by atoms with E-state index in [0.29, 0.717) is 19.6 Å². The molecule has 1 aromatic carbocycles. The lowest BCUT2D eigenvalue weighted by molar-refractivity contribution is -0.384. The molecule has 0 heterocycles. The van der Waals surface area contributed by atoms with Gasteiger partial charge in [0.05, 0.1) is 10.5 Å². The van der Waals surface area contributed by atoms with Crippen LogP contribution in [0.5, 0.6) is 0 Å². The number of aliphatic hydroxyl groups is 1. The molecule has 118 valence electrons. The van der Waals surface area contributed by atoms with Crippen LogP contribution in [0.2, 0.25) is 0 Å². The van der Waals surface area contributed by atoms with Crippen molar-refractivity contribution in [1.29, 1.82) is 0 Å². The first-order valence-corrected chi connectivity index (χ1v) is 7.08. The van der Waals surface area contributed by atoms with Crippen LogP contribution in [0.1, 0.15) is 38.3 Å². The number of nitrogens with one attached hydrogen (secondary N) is 1. The minimum Gasteiger partial charge on any atom is -0.389 e. The third-order valence-electron chi connectivity index (χ3n) is 3.47. The van der Waals surface area contributed by atoms with E-state index in [1.807, 2.05) is 13.0 Å². The first kappa shape index (κ1) is 17.6. The summed E-state index contributed by atoms with van der Waals surface area (Å²) in [6.07, 6.45) is 1.31. The molecule has 21 heavy (non-hydrogen) atoms. The molecular weight excluding hydrogens is 272 g/mol. The zero-order valence-electron chi connectivity index (χ0n) is 12.8. The Morgan fingerprint density at radius 1 is 1.52 bits per heavy atom. The van der Waals surface area contributed by atoms with Crippen LogP contribution in [0, 0.1) is 10.1 Å². The van der Waals surface area contributed by atoms with E-state index in [4.69, 9.17) is 4.74 Å². The maximum absolute atomic E-state index is 10.8. The molecule has 2 unspecified atom stereocenters. The maximum Gasteiger partial charge on any atom is 0.269 e. The van der Waals surface area contributed by atoms with Crippen LogP contribution in [0.4, 0.5) is 5.69 Å². The molecule has 0 radical (unpaired) electrons. The number of rotatable bonds is 9. The molecule has 0 amide bonds. The molecule has 0 aromatic heterocycles. The Morgan fingerprint density at radius 2 is 2.24 bits per heavy atom. The first-order chi connectivity index (χ1) is 9.89. The Hall–Kier alpha value is -1.50. The Balaban J connectivity index is 2.71. The molecule has 0 aliphatic carbocycles. The van der Waals surface area contributed by atoms with Gasteiger partial charge in [0.1, 0.15) is 0 Å². The first-order valence-electron chi connectivity index (χ1n) is 7.08. The average Bonchev–Trinajstić information content (AvgIpc) is 2.46. The highest BCUT2D eigenvalue weighted by atomic mass is 16.6. The SMILES string of the molecule is CCC(NCC(C)(O)CCOC)c1cccc([N+](=O)[O-])c1. The van der Waals surface area contributed by atoms with Gasteiger partial charge in [0.2, 0.25) is 0 Å². The number of nitrogens with zero attached hydrogens (tertiary/aromatic N) is 1. The van der Waals surface area contributed by atoms with Gasteiger partial charge < -0.3 is 15.2 Å². The maximum atomic E-state index is 10.8. The minimum absolute atomic E-state index is 0.0288. The van der Waals surface area contributed by atoms with Crippen molar-refractivity contribution in [2.75, 3.05) is 20.3 Å². The topological polar surface area (TPSA) is 84.6 Å². The number of nitro groups is 1. The number of nitro benzene ring substituents is 1. The van der Waals surface area contributed by atoms with E-state index in [1.54, 1.807) is 26.2 Å². The molecular formula is C15H24N2O4. The lowest BCUT2D eigenvalue weighted by Crippen LogP contribution is -2.40. The van der Waals surface area contributed by atoms with Crippen LogP contribution in [-0.4, -0.2) is 35.9 Å². The Morgan fingerprint density at radius 3 is 2.81 bits per heavy atom. The van der Waals surface area contributed by atoms with Crippen molar-refractivity contribution in [2.24, 2.45) is 0 Å². The summed E-state index contributed by atoms with van der Waals surface area (Å²) < 4.78 is 4.97. The molecule has 0 saturated heterocycles. The second kappa shape index (κ2) is 8.07. The van der Waals surface area contributed by atoms with Crippen LogP contribution < -0.4 is 5.32 Å². The Kier molecular flexibility index (Phi) is 6.74. The summed E-state index contributed by atoms with van der Waals surface area (Å²) in [5, 5.41) is 24.3. The molecule has 0 spiro atoms. The molecule has 0 bridgehead atoms. The number of hydrogen-bond donors (Lipinski definition) is 2. The quantitative estimate of drug-likeness (QED) is 0.540. The number of hydrogen-bond acceptors (Lipinski definition) is 5. The molecule has 0 fully saturated rings. The van der Waals surface area contributed by atoms with E-state index < -0.39 is 10.5 Å². The molecule has 0 aliphatic rings. The van der Waals surface area contributed by atoms with Crippen LogP contribution in [0.25, 0.3) is 0 Å². The second-order valence-corrected chi connectivity index (χ2v) is 5.43. The van der Waals surface area contributed by atoms with E-state index in [2.05, 4.69) is 5.32 Å². The summed E-state index contributed by atoms with van der Waals surface area (Å²) in [5.41, 5.74) is 0.0672. The third-order valence-corrected chi connectivity index (χ3v) is 3.47. The van der Waals surface area contributed by atoms with Crippen molar-refractivity contribution >= 4 is 5.69 Å². The van der Waals surface area contributed by atoms with Crippen molar-refractivity contribution in [3.8, 4) is 0 Å². The van der Waals surface area contributed by atoms with Crippen LogP contribution in [0.15, 0.2) is 24.3 Å². The number of ether oxygens (including phenoxy) is 1. The summed E-state index contributed by atoms with van der Waals surface area (Å²) in [4.78, 5) is 10.4. The summed E-state index contributed by atoms with van der Waals surface area (Å²) in [6, 6.07) is 6.56. The molecule has 2 N–H and O–H groups in total. The minimum atomic E-state index is -0.871. The largest absolute Gasteiger partial charge is 0.389 e. The van der Waals surface area contributed by atoms with Gasteiger partial charge in [0, 0.05) is 44.9 Å². The van der Waals surface area contributed by atoms with Gasteiger partial charge in [-0.3, -0.25) is 10.1 Å². The van der Waals surface area contributed by atoms with Gasteiger partial charge in [0.15, 0.2) is 0 Å². The predicted molar refractivity (Wildman–Crippen MR) is 81.2 cm³/mol. The lowest BCUT2D eigenvalue weighted by Gasteiger charge is -2.27. The van der Waals surface area contributed by atoms with Gasteiger partial charge in [0.25, 0.3) is 5.69 Å². The Labute approximate surface area is 125 Å². The number of benzene rings is 1. The van der Waals surface area contributed by atoms with E-state index in [0.717, 1.165) is 12.0 Å². The highest BCUT2D eigenvalue weighted by Gasteiger charge is 2.22. The zero-order chi connectivity index (χ0) is 15.9. The van der Waals surface area contributed by atoms with Gasteiger partial charge in [-0.2, -0.15) is 0 Å². The van der Waals surface area contributed by atoms with E-state index in [1.165, 1.54) is 6.07 Å². The monoisotopic (exact) mass is 296 g/mol. The fourth-order valence-electron chi connectivity index (χ4n) is 2.11. The normalized spacial score (nSPS) is 15.4. The van der Waals surface area contributed by atoms with Crippen LogP contribution in [-0.2, 0) is 4.74 Å². The van der Waals surface area contributed by atoms with E-state index in [-0.39, 0.29) is 11.7 Å². The molecule has 1 rings (SSSR count). The summed E-state index contributed by atoms with van der Waals surface area (Å²) in [6.45, 7) is 4.64. The summed E-state index contributed by atoms with van der Waals surface area (Å²) >= 11 is 0. The van der Waals surface area contributed by atoms with Gasteiger partial charge in [-0.15, -0.1) is 0 Å². The summed E-state index contributed by atoms with van der Waals surface area (Å²) in [7, 11) is 1.60. The predicted octanol–water partition coefficient (Wildman–Crippen LogP) is 2.42.